The first-order chi connectivity index (χ1) is 12.2. The molecule has 0 aliphatic rings. The van der Waals surface area contributed by atoms with Crippen LogP contribution in [0, 0.1) is 0 Å². The lowest BCUT2D eigenvalue weighted by atomic mass is 10.1. The zero-order chi connectivity index (χ0) is 17.9. The highest BCUT2D eigenvalue weighted by Gasteiger charge is 2.21. The van der Waals surface area contributed by atoms with E-state index in [1.165, 1.54) is 12.7 Å². The Hall–Kier alpha value is -2.82. The van der Waals surface area contributed by atoms with Crippen molar-refractivity contribution in [2.75, 3.05) is 13.7 Å². The van der Waals surface area contributed by atoms with Gasteiger partial charge in [-0.15, -0.1) is 0 Å². The number of nitrogens with one attached hydrogen (secondary N) is 2. The van der Waals surface area contributed by atoms with Gasteiger partial charge in [0.05, 0.1) is 7.11 Å². The number of benzene rings is 2. The molecule has 1 atom stereocenters. The monoisotopic (exact) mass is 340 g/mol. The van der Waals surface area contributed by atoms with E-state index in [1.807, 2.05) is 48.5 Å². The second-order valence-electron chi connectivity index (χ2n) is 5.75. The third kappa shape index (κ3) is 6.67. The van der Waals surface area contributed by atoms with E-state index in [0.29, 0.717) is 13.0 Å². The predicted octanol–water partition coefficient (Wildman–Crippen LogP) is 2.70. The molecule has 2 aromatic carbocycles. The van der Waals surface area contributed by atoms with Gasteiger partial charge >= 0.3 is 12.0 Å². The third-order valence-electron chi connectivity index (χ3n) is 3.84. The maximum absolute atomic E-state index is 12.0. The summed E-state index contributed by atoms with van der Waals surface area (Å²) in [5.41, 5.74) is 2.20. The summed E-state index contributed by atoms with van der Waals surface area (Å²) in [6.07, 6.45) is 2.12. The molecule has 0 aliphatic carbocycles. The van der Waals surface area contributed by atoms with Crippen LogP contribution in [0.5, 0.6) is 0 Å². The van der Waals surface area contributed by atoms with Gasteiger partial charge in [-0.1, -0.05) is 60.7 Å². The maximum Gasteiger partial charge on any atom is 0.328 e. The molecule has 0 bridgehead atoms. The van der Waals surface area contributed by atoms with Gasteiger partial charge in [0.1, 0.15) is 6.04 Å². The molecule has 5 heteroatoms. The Morgan fingerprint density at radius 3 is 2.16 bits per heavy atom. The summed E-state index contributed by atoms with van der Waals surface area (Å²) < 4.78 is 4.79. The lowest BCUT2D eigenvalue weighted by Crippen LogP contribution is -2.47. The lowest BCUT2D eigenvalue weighted by Gasteiger charge is -2.17. The van der Waals surface area contributed by atoms with Crippen molar-refractivity contribution in [2.24, 2.45) is 0 Å². The number of amides is 2. The van der Waals surface area contributed by atoms with Crippen molar-refractivity contribution in [2.45, 2.75) is 25.3 Å². The summed E-state index contributed by atoms with van der Waals surface area (Å²) in [7, 11) is 1.32. The summed E-state index contributed by atoms with van der Waals surface area (Å²) >= 11 is 0. The van der Waals surface area contributed by atoms with Crippen LogP contribution in [-0.4, -0.2) is 31.7 Å². The van der Waals surface area contributed by atoms with Gasteiger partial charge in [0.25, 0.3) is 0 Å². The molecule has 132 valence electrons. The largest absolute Gasteiger partial charge is 0.467 e. The number of rotatable bonds is 8. The Bertz CT molecular complexity index is 659. The average Bonchev–Trinajstić information content (AvgIpc) is 2.66. The van der Waals surface area contributed by atoms with Crippen LogP contribution in [0.2, 0.25) is 0 Å². The normalized spacial score (nSPS) is 11.4. The van der Waals surface area contributed by atoms with E-state index in [9.17, 15) is 9.59 Å². The first-order valence-electron chi connectivity index (χ1n) is 8.39. The summed E-state index contributed by atoms with van der Waals surface area (Å²) in [6.45, 7) is 0.542. The summed E-state index contributed by atoms with van der Waals surface area (Å²) in [4.78, 5) is 23.9. The fourth-order valence-electron chi connectivity index (χ4n) is 2.53. The molecule has 0 heterocycles. The van der Waals surface area contributed by atoms with Gasteiger partial charge in [-0.3, -0.25) is 0 Å². The Morgan fingerprint density at radius 1 is 0.960 bits per heavy atom. The smallest absolute Gasteiger partial charge is 0.328 e. The SMILES string of the molecule is COC(=O)C(Cc1ccccc1)NC(=O)NCCCc1ccccc1. The number of hydrogen-bond donors (Lipinski definition) is 2. The minimum absolute atomic E-state index is 0.362. The van der Waals surface area contributed by atoms with Gasteiger partial charge in [0.2, 0.25) is 0 Å². The lowest BCUT2D eigenvalue weighted by molar-refractivity contribution is -0.142. The van der Waals surface area contributed by atoms with Crippen molar-refractivity contribution in [3.05, 3.63) is 71.8 Å². The van der Waals surface area contributed by atoms with Crippen LogP contribution in [0.15, 0.2) is 60.7 Å². The minimum atomic E-state index is -0.707. The zero-order valence-electron chi connectivity index (χ0n) is 14.4. The molecule has 5 nitrogen and oxygen atoms in total. The van der Waals surface area contributed by atoms with Gasteiger partial charge < -0.3 is 15.4 Å². The molecule has 0 saturated carbocycles. The predicted molar refractivity (Wildman–Crippen MR) is 97.2 cm³/mol. The van der Waals surface area contributed by atoms with E-state index >= 15 is 0 Å². The second kappa shape index (κ2) is 10.1. The first kappa shape index (κ1) is 18.5. The highest BCUT2D eigenvalue weighted by Crippen LogP contribution is 2.05. The summed E-state index contributed by atoms with van der Waals surface area (Å²) in [6, 6.07) is 18.6. The number of esters is 1. The fourth-order valence-corrected chi connectivity index (χ4v) is 2.53. The Balaban J connectivity index is 1.77. The summed E-state index contributed by atoms with van der Waals surface area (Å²) in [5.74, 6) is -0.455. The van der Waals surface area contributed by atoms with Crippen LogP contribution >= 0.6 is 0 Å². The zero-order valence-corrected chi connectivity index (χ0v) is 14.4. The van der Waals surface area contributed by atoms with Crippen LogP contribution in [0.25, 0.3) is 0 Å². The molecule has 0 fully saturated rings. The molecule has 2 rings (SSSR count). The van der Waals surface area contributed by atoms with Gasteiger partial charge in [-0.05, 0) is 24.0 Å². The van der Waals surface area contributed by atoms with Gasteiger partial charge in [-0.2, -0.15) is 0 Å². The number of carbonyl (C=O) groups excluding carboxylic acids is 2. The molecule has 2 amide bonds. The molecule has 2 aromatic rings. The van der Waals surface area contributed by atoms with Crippen molar-refractivity contribution in [3.8, 4) is 0 Å². The maximum atomic E-state index is 12.0. The highest BCUT2D eigenvalue weighted by atomic mass is 16.5. The number of urea groups is 1. The molecule has 0 spiro atoms. The van der Waals surface area contributed by atoms with Crippen LogP contribution in [-0.2, 0) is 22.4 Å². The average molecular weight is 340 g/mol. The molecule has 25 heavy (non-hydrogen) atoms. The van der Waals surface area contributed by atoms with Crippen molar-refractivity contribution < 1.29 is 14.3 Å². The molecular weight excluding hydrogens is 316 g/mol. The highest BCUT2D eigenvalue weighted by molar-refractivity contribution is 5.83. The molecule has 0 aromatic heterocycles. The summed E-state index contributed by atoms with van der Waals surface area (Å²) in [5, 5.41) is 5.48. The number of methoxy groups -OCH3 is 1. The van der Waals surface area contributed by atoms with Crippen molar-refractivity contribution in [3.63, 3.8) is 0 Å². The number of aryl methyl sites for hydroxylation is 1. The molecule has 2 N–H and O–H groups in total. The van der Waals surface area contributed by atoms with Crippen LogP contribution in [0.1, 0.15) is 17.5 Å². The van der Waals surface area contributed by atoms with Crippen molar-refractivity contribution in [1.82, 2.24) is 10.6 Å². The standard InChI is InChI=1S/C20H24N2O3/c1-25-19(23)18(15-17-11-6-3-7-12-17)22-20(24)21-14-8-13-16-9-4-2-5-10-16/h2-7,9-12,18H,8,13-15H2,1H3,(H2,21,22,24). The van der Waals surface area contributed by atoms with E-state index < -0.39 is 12.0 Å². The third-order valence-corrected chi connectivity index (χ3v) is 3.84. The van der Waals surface area contributed by atoms with Gasteiger partial charge in [0, 0.05) is 13.0 Å². The Kier molecular flexibility index (Phi) is 7.50. The molecule has 0 saturated heterocycles. The number of ether oxygens (including phenoxy) is 1. The second-order valence-corrected chi connectivity index (χ2v) is 5.75. The quantitative estimate of drug-likeness (QED) is 0.573. The van der Waals surface area contributed by atoms with Crippen LogP contribution in [0.3, 0.4) is 0 Å². The Labute approximate surface area is 148 Å². The molecule has 1 unspecified atom stereocenters. The molecule has 0 aliphatic heterocycles. The van der Waals surface area contributed by atoms with Crippen LogP contribution in [0.4, 0.5) is 4.79 Å². The fraction of sp³-hybridized carbons (Fsp3) is 0.300. The first-order valence-corrected chi connectivity index (χ1v) is 8.39. The minimum Gasteiger partial charge on any atom is -0.467 e. The molecule has 0 radical (unpaired) electrons. The molecular formula is C20H24N2O3. The Morgan fingerprint density at radius 2 is 1.56 bits per heavy atom. The van der Waals surface area contributed by atoms with Gasteiger partial charge in [0.15, 0.2) is 0 Å². The number of carbonyl (C=O) groups is 2. The topological polar surface area (TPSA) is 67.4 Å². The van der Waals surface area contributed by atoms with E-state index in [0.717, 1.165) is 18.4 Å². The van der Waals surface area contributed by atoms with Gasteiger partial charge in [-0.25, -0.2) is 9.59 Å². The van der Waals surface area contributed by atoms with Crippen molar-refractivity contribution >= 4 is 12.0 Å². The van der Waals surface area contributed by atoms with E-state index in [4.69, 9.17) is 4.74 Å². The number of hydrogen-bond acceptors (Lipinski definition) is 3. The van der Waals surface area contributed by atoms with Crippen LogP contribution < -0.4 is 10.6 Å². The van der Waals surface area contributed by atoms with Crippen molar-refractivity contribution in [1.29, 1.82) is 0 Å². The van der Waals surface area contributed by atoms with E-state index in [2.05, 4.69) is 22.8 Å². The van der Waals surface area contributed by atoms with E-state index in [-0.39, 0.29) is 6.03 Å². The van der Waals surface area contributed by atoms with E-state index in [1.54, 1.807) is 0 Å².